The first-order valence-corrected chi connectivity index (χ1v) is 9.41. The van der Waals surface area contributed by atoms with E-state index in [1.807, 2.05) is 24.3 Å². The first-order chi connectivity index (χ1) is 11.1. The quantitative estimate of drug-likeness (QED) is 0.719. The molecule has 0 aromatic heterocycles. The molecule has 0 aliphatic carbocycles. The van der Waals surface area contributed by atoms with Crippen molar-refractivity contribution in [2.24, 2.45) is 0 Å². The largest absolute Gasteiger partial charge is 0.492 e. The molecule has 0 N–H and O–H groups in total. The SMILES string of the molecule is O=S1(=O)CC(N2CCOCC2)C2=C(O1)c1ccccc1OCC2. The third kappa shape index (κ3) is 2.84. The number of ether oxygens (including phenoxy) is 2. The second kappa shape index (κ2) is 5.81. The van der Waals surface area contributed by atoms with E-state index in [9.17, 15) is 8.42 Å². The van der Waals surface area contributed by atoms with Crippen LogP contribution in [0.15, 0.2) is 29.8 Å². The van der Waals surface area contributed by atoms with Crippen LogP contribution in [-0.4, -0.2) is 58.0 Å². The molecule has 1 atom stereocenters. The maximum Gasteiger partial charge on any atom is 0.311 e. The lowest BCUT2D eigenvalue weighted by Crippen LogP contribution is -2.49. The summed E-state index contributed by atoms with van der Waals surface area (Å²) in [6, 6.07) is 7.28. The predicted octanol–water partition coefficient (Wildman–Crippen LogP) is 1.24. The molecule has 23 heavy (non-hydrogen) atoms. The molecule has 1 aromatic carbocycles. The molecule has 0 spiro atoms. The van der Waals surface area contributed by atoms with Crippen molar-refractivity contribution in [1.82, 2.24) is 4.90 Å². The number of para-hydroxylation sites is 1. The Bertz CT molecular complexity index is 737. The van der Waals surface area contributed by atoms with Gasteiger partial charge in [0.1, 0.15) is 11.5 Å². The van der Waals surface area contributed by atoms with E-state index in [-0.39, 0.29) is 11.8 Å². The second-order valence-electron chi connectivity index (χ2n) is 5.92. The molecule has 0 bridgehead atoms. The highest BCUT2D eigenvalue weighted by Gasteiger charge is 2.39. The molecule has 3 aliphatic rings. The number of fused-ring (bicyclic) bond motifs is 2. The van der Waals surface area contributed by atoms with Crippen molar-refractivity contribution < 1.29 is 22.1 Å². The molecule has 124 valence electrons. The van der Waals surface area contributed by atoms with E-state index >= 15 is 0 Å². The first-order valence-electron chi connectivity index (χ1n) is 7.83. The third-order valence-electron chi connectivity index (χ3n) is 4.51. The first kappa shape index (κ1) is 15.0. The molecule has 1 fully saturated rings. The Morgan fingerprint density at radius 1 is 1.09 bits per heavy atom. The number of rotatable bonds is 1. The van der Waals surface area contributed by atoms with E-state index < -0.39 is 10.1 Å². The fraction of sp³-hybridized carbons (Fsp3) is 0.500. The summed E-state index contributed by atoms with van der Waals surface area (Å²) >= 11 is 0. The van der Waals surface area contributed by atoms with Crippen molar-refractivity contribution in [3.63, 3.8) is 0 Å². The Labute approximate surface area is 135 Å². The Balaban J connectivity index is 1.82. The van der Waals surface area contributed by atoms with Gasteiger partial charge in [0, 0.05) is 19.5 Å². The van der Waals surface area contributed by atoms with Crippen LogP contribution in [-0.2, 0) is 19.0 Å². The average molecular weight is 337 g/mol. The zero-order chi connectivity index (χ0) is 15.9. The Morgan fingerprint density at radius 2 is 1.87 bits per heavy atom. The molecule has 3 heterocycles. The van der Waals surface area contributed by atoms with E-state index in [2.05, 4.69) is 4.90 Å². The smallest absolute Gasteiger partial charge is 0.311 e. The van der Waals surface area contributed by atoms with Crippen molar-refractivity contribution >= 4 is 15.9 Å². The lowest BCUT2D eigenvalue weighted by atomic mass is 9.98. The highest BCUT2D eigenvalue weighted by Crippen LogP contribution is 2.39. The summed E-state index contributed by atoms with van der Waals surface area (Å²) in [5.41, 5.74) is 1.74. The summed E-state index contributed by atoms with van der Waals surface area (Å²) in [5.74, 6) is 1.13. The normalized spacial score (nSPS) is 27.2. The van der Waals surface area contributed by atoms with Crippen LogP contribution in [0.4, 0.5) is 0 Å². The van der Waals surface area contributed by atoms with Crippen LogP contribution in [0.5, 0.6) is 5.75 Å². The molecule has 1 unspecified atom stereocenters. The van der Waals surface area contributed by atoms with Gasteiger partial charge in [0.2, 0.25) is 0 Å². The molecule has 0 amide bonds. The molecule has 1 saturated heterocycles. The Morgan fingerprint density at radius 3 is 2.70 bits per heavy atom. The minimum atomic E-state index is -3.61. The monoisotopic (exact) mass is 337 g/mol. The van der Waals surface area contributed by atoms with Gasteiger partial charge in [-0.05, 0) is 17.7 Å². The molecule has 3 aliphatic heterocycles. The molecule has 0 radical (unpaired) electrons. The van der Waals surface area contributed by atoms with E-state index in [0.29, 0.717) is 37.8 Å². The highest BCUT2D eigenvalue weighted by atomic mass is 32.2. The standard InChI is InChI=1S/C16H19NO5S/c18-23(19)11-14(17-6-9-20-10-7-17)12-5-8-21-15-4-2-1-3-13(15)16(12)22-23/h1-4,14H,5-11H2. The molecule has 7 heteroatoms. The number of nitrogens with zero attached hydrogens (tertiary/aromatic N) is 1. The van der Waals surface area contributed by atoms with Crippen LogP contribution in [0, 0.1) is 0 Å². The molecule has 6 nitrogen and oxygen atoms in total. The zero-order valence-electron chi connectivity index (χ0n) is 12.7. The van der Waals surface area contributed by atoms with Crippen LogP contribution in [0.3, 0.4) is 0 Å². The van der Waals surface area contributed by atoms with E-state index in [1.54, 1.807) is 0 Å². The fourth-order valence-electron chi connectivity index (χ4n) is 3.42. The maximum absolute atomic E-state index is 12.3. The number of morpholine rings is 1. The summed E-state index contributed by atoms with van der Waals surface area (Å²) in [6.45, 7) is 3.26. The molecule has 4 rings (SSSR count). The summed E-state index contributed by atoms with van der Waals surface area (Å²) in [4.78, 5) is 2.19. The lowest BCUT2D eigenvalue weighted by molar-refractivity contribution is 0.0256. The van der Waals surface area contributed by atoms with Crippen LogP contribution in [0.1, 0.15) is 12.0 Å². The number of benzene rings is 1. The molecular weight excluding hydrogens is 318 g/mol. The fourth-order valence-corrected chi connectivity index (χ4v) is 4.74. The molecule has 0 saturated carbocycles. The minimum Gasteiger partial charge on any atom is -0.492 e. The van der Waals surface area contributed by atoms with Crippen molar-refractivity contribution in [3.8, 4) is 5.75 Å². The van der Waals surface area contributed by atoms with E-state index in [4.69, 9.17) is 13.7 Å². The van der Waals surface area contributed by atoms with Gasteiger partial charge in [0.15, 0.2) is 5.76 Å². The summed E-state index contributed by atoms with van der Waals surface area (Å²) in [5, 5.41) is 0. The van der Waals surface area contributed by atoms with Gasteiger partial charge >= 0.3 is 10.1 Å². The van der Waals surface area contributed by atoms with Crippen molar-refractivity contribution in [2.45, 2.75) is 12.5 Å². The van der Waals surface area contributed by atoms with Gasteiger partial charge in [-0.15, -0.1) is 0 Å². The number of hydrogen-bond donors (Lipinski definition) is 0. The van der Waals surface area contributed by atoms with Crippen LogP contribution in [0.25, 0.3) is 5.76 Å². The van der Waals surface area contributed by atoms with Gasteiger partial charge in [-0.2, -0.15) is 8.42 Å². The van der Waals surface area contributed by atoms with Crippen molar-refractivity contribution in [3.05, 3.63) is 35.4 Å². The minimum absolute atomic E-state index is 0.00595. The van der Waals surface area contributed by atoms with Gasteiger partial charge in [-0.1, -0.05) is 12.1 Å². The van der Waals surface area contributed by atoms with Gasteiger partial charge < -0.3 is 13.7 Å². The zero-order valence-corrected chi connectivity index (χ0v) is 13.5. The van der Waals surface area contributed by atoms with Crippen LogP contribution >= 0.6 is 0 Å². The topological polar surface area (TPSA) is 65.1 Å². The highest BCUT2D eigenvalue weighted by molar-refractivity contribution is 7.87. The number of hydrogen-bond acceptors (Lipinski definition) is 6. The third-order valence-corrected chi connectivity index (χ3v) is 5.66. The van der Waals surface area contributed by atoms with Crippen molar-refractivity contribution in [1.29, 1.82) is 0 Å². The summed E-state index contributed by atoms with van der Waals surface area (Å²) < 4.78 is 41.3. The predicted molar refractivity (Wildman–Crippen MR) is 84.5 cm³/mol. The summed E-state index contributed by atoms with van der Waals surface area (Å²) in [6.07, 6.45) is 0.668. The van der Waals surface area contributed by atoms with E-state index in [1.165, 1.54) is 0 Å². The van der Waals surface area contributed by atoms with Crippen molar-refractivity contribution in [2.75, 3.05) is 38.7 Å². The average Bonchev–Trinajstić information content (AvgIpc) is 2.74. The van der Waals surface area contributed by atoms with E-state index in [0.717, 1.165) is 24.2 Å². The Kier molecular flexibility index (Phi) is 3.79. The Hall–Kier alpha value is -1.57. The van der Waals surface area contributed by atoms with Crippen LogP contribution in [0.2, 0.25) is 0 Å². The van der Waals surface area contributed by atoms with Gasteiger partial charge in [0.05, 0.1) is 31.4 Å². The second-order valence-corrected chi connectivity index (χ2v) is 7.54. The maximum atomic E-state index is 12.3. The summed E-state index contributed by atoms with van der Waals surface area (Å²) in [7, 11) is -3.61. The van der Waals surface area contributed by atoms with Crippen LogP contribution < -0.4 is 4.74 Å². The molecular formula is C16H19NO5S. The van der Waals surface area contributed by atoms with Gasteiger partial charge in [0.25, 0.3) is 0 Å². The lowest BCUT2D eigenvalue weighted by Gasteiger charge is -2.38. The van der Waals surface area contributed by atoms with Gasteiger partial charge in [-0.25, -0.2) is 0 Å². The van der Waals surface area contributed by atoms with Gasteiger partial charge in [-0.3, -0.25) is 4.90 Å². The molecule has 1 aromatic rings.